The van der Waals surface area contributed by atoms with Gasteiger partial charge in [0.15, 0.2) is 5.82 Å². The van der Waals surface area contributed by atoms with Crippen LogP contribution in [0.4, 0.5) is 0 Å². The lowest BCUT2D eigenvalue weighted by Gasteiger charge is -2.38. The minimum absolute atomic E-state index is 0.421. The molecule has 100 valence electrons. The molecule has 1 N–H and O–H groups in total. The molecule has 2 saturated carbocycles. The number of aliphatic hydroxyl groups is 1. The normalized spacial score (nSPS) is 34.0. The summed E-state index contributed by atoms with van der Waals surface area (Å²) in [6.45, 7) is 1.67. The summed E-state index contributed by atoms with van der Waals surface area (Å²) in [5.41, 5.74) is 0. The topological polar surface area (TPSA) is 59.2 Å². The van der Waals surface area contributed by atoms with Crippen molar-refractivity contribution >= 4 is 0 Å². The second-order valence-corrected chi connectivity index (χ2v) is 5.98. The van der Waals surface area contributed by atoms with E-state index < -0.39 is 6.10 Å². The summed E-state index contributed by atoms with van der Waals surface area (Å²) in [4.78, 5) is 4.34. The maximum Gasteiger partial charge on any atom is 0.229 e. The van der Waals surface area contributed by atoms with E-state index in [2.05, 4.69) is 10.1 Å². The summed E-state index contributed by atoms with van der Waals surface area (Å²) in [5.74, 6) is 3.39. The van der Waals surface area contributed by atoms with Gasteiger partial charge < -0.3 is 9.63 Å². The van der Waals surface area contributed by atoms with Gasteiger partial charge in [-0.15, -0.1) is 0 Å². The van der Waals surface area contributed by atoms with Crippen LogP contribution >= 0.6 is 0 Å². The van der Waals surface area contributed by atoms with Crippen LogP contribution in [-0.4, -0.2) is 15.2 Å². The molecule has 4 atom stereocenters. The van der Waals surface area contributed by atoms with Gasteiger partial charge in [-0.1, -0.05) is 30.8 Å². The Balaban J connectivity index is 1.69. The van der Waals surface area contributed by atoms with E-state index in [4.69, 9.17) is 4.52 Å². The number of nitrogens with zero attached hydrogens (tertiary/aromatic N) is 2. The van der Waals surface area contributed by atoms with Crippen molar-refractivity contribution in [2.75, 3.05) is 0 Å². The standard InChI is InChI=1S/C14H22N2O2/c1-9(17)13-15-14(18-16-13)12-7-6-10-4-2-3-5-11(10)8-12/h9-12,17H,2-8H2,1H3. The zero-order chi connectivity index (χ0) is 12.5. The Hall–Kier alpha value is -0.900. The van der Waals surface area contributed by atoms with Gasteiger partial charge in [-0.2, -0.15) is 4.98 Å². The molecule has 0 aromatic carbocycles. The number of aliphatic hydroxyl groups excluding tert-OH is 1. The fourth-order valence-electron chi connectivity index (χ4n) is 3.68. The quantitative estimate of drug-likeness (QED) is 0.875. The van der Waals surface area contributed by atoms with Crippen molar-refractivity contribution in [3.8, 4) is 0 Å². The van der Waals surface area contributed by atoms with E-state index >= 15 is 0 Å². The van der Waals surface area contributed by atoms with Crippen LogP contribution in [0.25, 0.3) is 0 Å². The number of fused-ring (bicyclic) bond motifs is 1. The van der Waals surface area contributed by atoms with Crippen LogP contribution in [-0.2, 0) is 0 Å². The van der Waals surface area contributed by atoms with E-state index in [1.54, 1.807) is 6.92 Å². The molecular formula is C14H22N2O2. The highest BCUT2D eigenvalue weighted by atomic mass is 16.5. The molecule has 4 unspecified atom stereocenters. The first-order valence-corrected chi connectivity index (χ1v) is 7.25. The van der Waals surface area contributed by atoms with Crippen LogP contribution in [0.2, 0.25) is 0 Å². The highest BCUT2D eigenvalue weighted by Crippen LogP contribution is 2.45. The summed E-state index contributed by atoms with van der Waals surface area (Å²) in [5, 5.41) is 13.3. The smallest absolute Gasteiger partial charge is 0.229 e. The lowest BCUT2D eigenvalue weighted by molar-refractivity contribution is 0.142. The zero-order valence-electron chi connectivity index (χ0n) is 11.0. The lowest BCUT2D eigenvalue weighted by atomic mass is 9.67. The second kappa shape index (κ2) is 5.00. The fourth-order valence-corrected chi connectivity index (χ4v) is 3.68. The average molecular weight is 250 g/mol. The molecule has 0 amide bonds. The van der Waals surface area contributed by atoms with Crippen molar-refractivity contribution in [1.82, 2.24) is 10.1 Å². The van der Waals surface area contributed by atoms with Crippen LogP contribution in [0, 0.1) is 11.8 Å². The Kier molecular flexibility index (Phi) is 3.37. The van der Waals surface area contributed by atoms with E-state index in [1.165, 1.54) is 44.9 Å². The monoisotopic (exact) mass is 250 g/mol. The molecule has 2 fully saturated rings. The second-order valence-electron chi connectivity index (χ2n) is 5.98. The van der Waals surface area contributed by atoms with Crippen LogP contribution in [0.15, 0.2) is 4.52 Å². The Morgan fingerprint density at radius 2 is 1.94 bits per heavy atom. The van der Waals surface area contributed by atoms with Gasteiger partial charge in [0.05, 0.1) is 0 Å². The van der Waals surface area contributed by atoms with Gasteiger partial charge in [0.25, 0.3) is 0 Å². The molecule has 1 aromatic heterocycles. The van der Waals surface area contributed by atoms with E-state index in [0.717, 1.165) is 17.7 Å². The molecule has 0 saturated heterocycles. The minimum Gasteiger partial charge on any atom is -0.385 e. The number of hydrogen-bond acceptors (Lipinski definition) is 4. The van der Waals surface area contributed by atoms with Gasteiger partial charge in [-0.25, -0.2) is 0 Å². The molecule has 2 aliphatic rings. The van der Waals surface area contributed by atoms with Crippen molar-refractivity contribution < 1.29 is 9.63 Å². The Morgan fingerprint density at radius 1 is 1.17 bits per heavy atom. The highest BCUT2D eigenvalue weighted by molar-refractivity contribution is 4.99. The van der Waals surface area contributed by atoms with Gasteiger partial charge >= 0.3 is 0 Å². The first kappa shape index (κ1) is 12.2. The summed E-state index contributed by atoms with van der Waals surface area (Å²) < 4.78 is 5.32. The van der Waals surface area contributed by atoms with E-state index in [-0.39, 0.29) is 0 Å². The van der Waals surface area contributed by atoms with Crippen molar-refractivity contribution in [2.24, 2.45) is 11.8 Å². The van der Waals surface area contributed by atoms with Crippen molar-refractivity contribution in [3.05, 3.63) is 11.7 Å². The maximum absolute atomic E-state index is 9.44. The molecule has 0 bridgehead atoms. The van der Waals surface area contributed by atoms with Crippen molar-refractivity contribution in [2.45, 2.75) is 63.9 Å². The Bertz CT molecular complexity index is 402. The molecule has 0 spiro atoms. The van der Waals surface area contributed by atoms with Crippen LogP contribution in [0.3, 0.4) is 0 Å². The maximum atomic E-state index is 9.44. The summed E-state index contributed by atoms with van der Waals surface area (Å²) in [6.07, 6.45) is 8.64. The first-order valence-electron chi connectivity index (χ1n) is 7.25. The predicted octanol–water partition coefficient (Wildman–Crippen LogP) is 3.20. The molecular weight excluding hydrogens is 228 g/mol. The first-order chi connectivity index (χ1) is 8.74. The molecule has 3 rings (SSSR count). The highest BCUT2D eigenvalue weighted by Gasteiger charge is 2.35. The third-order valence-electron chi connectivity index (χ3n) is 4.72. The Labute approximate surface area is 108 Å². The number of hydrogen-bond donors (Lipinski definition) is 1. The van der Waals surface area contributed by atoms with E-state index in [0.29, 0.717) is 11.7 Å². The van der Waals surface area contributed by atoms with Crippen LogP contribution in [0.5, 0.6) is 0 Å². The third-order valence-corrected chi connectivity index (χ3v) is 4.72. The Morgan fingerprint density at radius 3 is 2.67 bits per heavy atom. The predicted molar refractivity (Wildman–Crippen MR) is 67.0 cm³/mol. The van der Waals surface area contributed by atoms with E-state index in [9.17, 15) is 5.11 Å². The SMILES string of the molecule is CC(O)c1noc(C2CCC3CCCCC3C2)n1. The van der Waals surface area contributed by atoms with Crippen LogP contribution in [0.1, 0.15) is 75.6 Å². The van der Waals surface area contributed by atoms with Gasteiger partial charge in [-0.3, -0.25) is 0 Å². The van der Waals surface area contributed by atoms with Gasteiger partial charge in [0.1, 0.15) is 6.10 Å². The van der Waals surface area contributed by atoms with Crippen molar-refractivity contribution in [3.63, 3.8) is 0 Å². The van der Waals surface area contributed by atoms with Gasteiger partial charge in [-0.05, 0) is 38.0 Å². The van der Waals surface area contributed by atoms with Gasteiger partial charge in [0, 0.05) is 5.92 Å². The summed E-state index contributed by atoms with van der Waals surface area (Å²) in [7, 11) is 0. The molecule has 18 heavy (non-hydrogen) atoms. The summed E-state index contributed by atoms with van der Waals surface area (Å²) >= 11 is 0. The lowest BCUT2D eigenvalue weighted by Crippen LogP contribution is -2.27. The fraction of sp³-hybridized carbons (Fsp3) is 0.857. The number of aromatic nitrogens is 2. The van der Waals surface area contributed by atoms with Gasteiger partial charge in [0.2, 0.25) is 5.89 Å². The van der Waals surface area contributed by atoms with E-state index in [1.807, 2.05) is 0 Å². The molecule has 4 heteroatoms. The molecule has 0 aliphatic heterocycles. The zero-order valence-corrected chi connectivity index (χ0v) is 11.0. The summed E-state index contributed by atoms with van der Waals surface area (Å²) in [6, 6.07) is 0. The molecule has 1 heterocycles. The van der Waals surface area contributed by atoms with Crippen LogP contribution < -0.4 is 0 Å². The number of rotatable bonds is 2. The molecule has 4 nitrogen and oxygen atoms in total. The average Bonchev–Trinajstić information content (AvgIpc) is 2.88. The minimum atomic E-state index is -0.631. The molecule has 1 aromatic rings. The van der Waals surface area contributed by atoms with Crippen molar-refractivity contribution in [1.29, 1.82) is 0 Å². The molecule has 2 aliphatic carbocycles. The third kappa shape index (κ3) is 2.30. The molecule has 0 radical (unpaired) electrons. The largest absolute Gasteiger partial charge is 0.385 e.